The van der Waals surface area contributed by atoms with Crippen LogP contribution in [0.4, 0.5) is 15.9 Å². The fraction of sp³-hybridized carbons (Fsp3) is 0.143. The summed E-state index contributed by atoms with van der Waals surface area (Å²) in [4.78, 5) is 17.3. The maximum atomic E-state index is 13.6. The molecule has 3 nitrogen and oxygen atoms in total. The van der Waals surface area contributed by atoms with E-state index in [4.69, 9.17) is 4.98 Å². The van der Waals surface area contributed by atoms with Crippen molar-refractivity contribution < 1.29 is 9.18 Å². The van der Waals surface area contributed by atoms with Crippen molar-refractivity contribution in [1.82, 2.24) is 4.98 Å². The van der Waals surface area contributed by atoms with Crippen molar-refractivity contribution in [2.24, 2.45) is 0 Å². The smallest absolute Gasteiger partial charge is 0.139 e. The molecule has 0 fully saturated rings. The van der Waals surface area contributed by atoms with E-state index in [1.54, 1.807) is 17.4 Å². The first kappa shape index (κ1) is 21.3. The number of aromatic nitrogens is 1. The molecule has 2 aromatic heterocycles. The van der Waals surface area contributed by atoms with Gasteiger partial charge in [-0.05, 0) is 59.7 Å². The third-order valence-corrected chi connectivity index (χ3v) is 6.72. The van der Waals surface area contributed by atoms with Crippen LogP contribution in [0.1, 0.15) is 24.0 Å². The van der Waals surface area contributed by atoms with Crippen LogP contribution in [-0.2, 0) is 17.6 Å². The Hall–Kier alpha value is -3.57. The molecule has 5 rings (SSSR count). The number of halogens is 1. The lowest BCUT2D eigenvalue weighted by molar-refractivity contribution is -0.119. The summed E-state index contributed by atoms with van der Waals surface area (Å²) >= 11 is 1.67. The Kier molecular flexibility index (Phi) is 6.13. The molecule has 0 aliphatic carbocycles. The minimum atomic E-state index is -0.290. The van der Waals surface area contributed by atoms with Gasteiger partial charge in [0.15, 0.2) is 0 Å². The molecule has 2 heterocycles. The molecule has 0 atom stereocenters. The van der Waals surface area contributed by atoms with Crippen molar-refractivity contribution in [3.63, 3.8) is 0 Å². The number of nitrogens with one attached hydrogen (secondary N) is 1. The van der Waals surface area contributed by atoms with Gasteiger partial charge in [0.1, 0.15) is 17.4 Å². The van der Waals surface area contributed by atoms with Crippen LogP contribution in [0.3, 0.4) is 0 Å². The number of pyridine rings is 1. The molecular weight excluding hydrogens is 431 g/mol. The van der Waals surface area contributed by atoms with E-state index in [0.717, 1.165) is 33.0 Å². The number of anilines is 2. The normalized spacial score (nSPS) is 11.2. The van der Waals surface area contributed by atoms with Crippen LogP contribution in [0, 0.1) is 5.82 Å². The van der Waals surface area contributed by atoms with Gasteiger partial charge in [-0.1, -0.05) is 48.5 Å². The van der Waals surface area contributed by atoms with Gasteiger partial charge < -0.3 is 5.32 Å². The molecule has 0 unspecified atom stereocenters. The highest BCUT2D eigenvalue weighted by molar-refractivity contribution is 7.18. The van der Waals surface area contributed by atoms with E-state index < -0.39 is 0 Å². The summed E-state index contributed by atoms with van der Waals surface area (Å²) in [5, 5.41) is 7.41. The number of Topliss-reactive ketones (excluding diaryl/α,β-unsaturated/α-hetero) is 1. The van der Waals surface area contributed by atoms with E-state index in [9.17, 15) is 9.18 Å². The van der Waals surface area contributed by atoms with E-state index in [1.165, 1.54) is 17.7 Å². The molecular formula is C28H23FN2OS. The molecule has 1 N–H and O–H groups in total. The largest absolute Gasteiger partial charge is 0.340 e. The Bertz CT molecular complexity index is 1430. The second-order valence-corrected chi connectivity index (χ2v) is 9.05. The number of benzene rings is 3. The Morgan fingerprint density at radius 3 is 2.48 bits per heavy atom. The van der Waals surface area contributed by atoms with E-state index in [0.29, 0.717) is 30.8 Å². The number of fused-ring (bicyclic) bond motifs is 3. The predicted octanol–water partition coefficient (Wildman–Crippen LogP) is 7.47. The van der Waals surface area contributed by atoms with Crippen molar-refractivity contribution in [3.05, 3.63) is 101 Å². The van der Waals surface area contributed by atoms with Crippen LogP contribution in [0.15, 0.2) is 84.2 Å². The third-order valence-electron chi connectivity index (χ3n) is 5.77. The first-order valence-corrected chi connectivity index (χ1v) is 11.9. The molecule has 164 valence electrons. The summed E-state index contributed by atoms with van der Waals surface area (Å²) in [5.41, 5.74) is 3.82. The van der Waals surface area contributed by atoms with Gasteiger partial charge in [0.25, 0.3) is 0 Å². The van der Waals surface area contributed by atoms with Gasteiger partial charge in [-0.15, -0.1) is 11.3 Å². The first-order chi connectivity index (χ1) is 16.2. The van der Waals surface area contributed by atoms with E-state index in [2.05, 4.69) is 35.6 Å². The number of carbonyl (C=O) groups is 1. The lowest BCUT2D eigenvalue weighted by Crippen LogP contribution is -2.02. The third kappa shape index (κ3) is 4.94. The molecule has 3 aromatic carbocycles. The average Bonchev–Trinajstić information content (AvgIpc) is 3.33. The summed E-state index contributed by atoms with van der Waals surface area (Å²) in [6, 6.07) is 24.8. The lowest BCUT2D eigenvalue weighted by Gasteiger charge is -2.10. The molecule has 0 bridgehead atoms. The summed E-state index contributed by atoms with van der Waals surface area (Å²) in [7, 11) is 0. The van der Waals surface area contributed by atoms with Crippen molar-refractivity contribution in [1.29, 1.82) is 0 Å². The maximum absolute atomic E-state index is 13.6. The first-order valence-electron chi connectivity index (χ1n) is 11.0. The van der Waals surface area contributed by atoms with E-state index >= 15 is 0 Å². The summed E-state index contributed by atoms with van der Waals surface area (Å²) in [6.07, 6.45) is 2.56. The molecule has 0 radical (unpaired) electrons. The van der Waals surface area contributed by atoms with E-state index in [-0.39, 0.29) is 11.6 Å². The van der Waals surface area contributed by atoms with Gasteiger partial charge >= 0.3 is 0 Å². The average molecular weight is 455 g/mol. The summed E-state index contributed by atoms with van der Waals surface area (Å²) < 4.78 is 14.8. The number of ketones is 1. The molecule has 0 aliphatic rings. The number of rotatable bonds is 8. The maximum Gasteiger partial charge on any atom is 0.139 e. The van der Waals surface area contributed by atoms with E-state index in [1.807, 2.05) is 35.7 Å². The molecule has 5 aromatic rings. The topological polar surface area (TPSA) is 42.0 Å². The van der Waals surface area contributed by atoms with Gasteiger partial charge in [-0.3, -0.25) is 4.79 Å². The van der Waals surface area contributed by atoms with Crippen LogP contribution < -0.4 is 5.32 Å². The van der Waals surface area contributed by atoms with Crippen LogP contribution in [-0.4, -0.2) is 10.8 Å². The highest BCUT2D eigenvalue weighted by atomic mass is 32.1. The van der Waals surface area contributed by atoms with Gasteiger partial charge in [0.2, 0.25) is 0 Å². The van der Waals surface area contributed by atoms with Gasteiger partial charge in [0, 0.05) is 34.0 Å². The van der Waals surface area contributed by atoms with Crippen molar-refractivity contribution >= 4 is 49.6 Å². The van der Waals surface area contributed by atoms with Gasteiger partial charge in [-0.25, -0.2) is 9.37 Å². The van der Waals surface area contributed by atoms with Gasteiger partial charge in [-0.2, -0.15) is 0 Å². The molecule has 0 saturated heterocycles. The number of nitrogens with zero attached hydrogens (tertiary/aromatic N) is 1. The predicted molar refractivity (Wildman–Crippen MR) is 135 cm³/mol. The molecule has 33 heavy (non-hydrogen) atoms. The summed E-state index contributed by atoms with van der Waals surface area (Å²) in [6.45, 7) is 0. The van der Waals surface area contributed by atoms with Crippen molar-refractivity contribution in [2.75, 3.05) is 5.32 Å². The zero-order valence-electron chi connectivity index (χ0n) is 18.1. The highest BCUT2D eigenvalue weighted by Crippen LogP contribution is 2.35. The zero-order chi connectivity index (χ0) is 22.6. The highest BCUT2D eigenvalue weighted by Gasteiger charge is 2.12. The second kappa shape index (κ2) is 9.51. The number of thiophene rings is 1. The molecule has 0 spiro atoms. The number of carbonyl (C=O) groups excluding carboxylic acids is 1. The fourth-order valence-electron chi connectivity index (χ4n) is 4.04. The molecule has 0 saturated carbocycles. The Balaban J connectivity index is 1.34. The Morgan fingerprint density at radius 2 is 1.67 bits per heavy atom. The number of aryl methyl sites for hydroxylation is 2. The summed E-state index contributed by atoms with van der Waals surface area (Å²) in [5.74, 6) is 0.691. The molecule has 0 amide bonds. The Morgan fingerprint density at radius 1 is 0.848 bits per heavy atom. The van der Waals surface area contributed by atoms with Crippen LogP contribution in [0.2, 0.25) is 0 Å². The fourth-order valence-corrected chi connectivity index (χ4v) is 4.97. The SMILES string of the molecule is O=C(CCc1ccccc1)CCc1ccc2c(c1)nc(Nc1cccc(F)c1)c1ccsc12. The van der Waals surface area contributed by atoms with Crippen molar-refractivity contribution in [3.8, 4) is 0 Å². The number of hydrogen-bond acceptors (Lipinski definition) is 4. The quantitative estimate of drug-likeness (QED) is 0.264. The van der Waals surface area contributed by atoms with Crippen LogP contribution in [0.5, 0.6) is 0 Å². The second-order valence-electron chi connectivity index (χ2n) is 8.13. The molecule has 5 heteroatoms. The van der Waals surface area contributed by atoms with Crippen LogP contribution >= 0.6 is 11.3 Å². The van der Waals surface area contributed by atoms with Crippen LogP contribution in [0.25, 0.3) is 21.0 Å². The Labute approximate surface area is 195 Å². The minimum absolute atomic E-state index is 0.272. The number of hydrogen-bond donors (Lipinski definition) is 1. The minimum Gasteiger partial charge on any atom is -0.340 e. The zero-order valence-corrected chi connectivity index (χ0v) is 18.9. The lowest BCUT2D eigenvalue weighted by atomic mass is 10.0. The monoisotopic (exact) mass is 454 g/mol. The van der Waals surface area contributed by atoms with Crippen molar-refractivity contribution in [2.45, 2.75) is 25.7 Å². The molecule has 0 aliphatic heterocycles. The van der Waals surface area contributed by atoms with Gasteiger partial charge in [0.05, 0.1) is 5.52 Å². The standard InChI is InChI=1S/C28H23FN2OS/c29-21-7-4-8-22(18-21)30-28-25-15-16-33-27(25)24-14-11-20(17-26(24)31-28)10-13-23(32)12-9-19-5-2-1-3-6-19/h1-8,11,14-18H,9-10,12-13H2,(H,30,31).